The molecule has 24 heavy (non-hydrogen) atoms. The number of halogens is 1. The second kappa shape index (κ2) is 7.27. The maximum atomic E-state index is 13.8. The molecule has 0 atom stereocenters. The molecule has 0 saturated heterocycles. The van der Waals surface area contributed by atoms with E-state index < -0.39 is 16.8 Å². The van der Waals surface area contributed by atoms with Crippen LogP contribution in [0.5, 0.6) is 17.2 Å². The van der Waals surface area contributed by atoms with E-state index in [9.17, 15) is 19.3 Å². The van der Waals surface area contributed by atoms with Crippen LogP contribution in [0.2, 0.25) is 0 Å². The molecule has 8 nitrogen and oxygen atoms in total. The van der Waals surface area contributed by atoms with Gasteiger partial charge in [0.2, 0.25) is 0 Å². The van der Waals surface area contributed by atoms with Crippen molar-refractivity contribution < 1.29 is 28.7 Å². The Balaban J connectivity index is 2.28. The summed E-state index contributed by atoms with van der Waals surface area (Å²) < 4.78 is 24.6. The zero-order valence-electron chi connectivity index (χ0n) is 12.5. The molecule has 0 aromatic heterocycles. The summed E-state index contributed by atoms with van der Waals surface area (Å²) in [5, 5.41) is 21.3. The highest BCUT2D eigenvalue weighted by Crippen LogP contribution is 2.35. The number of carbonyl (C=O) groups is 1. The van der Waals surface area contributed by atoms with Crippen LogP contribution in [0.3, 0.4) is 0 Å². The predicted octanol–water partition coefficient (Wildman–Crippen LogP) is 4.01. The summed E-state index contributed by atoms with van der Waals surface area (Å²) in [5.74, 6) is -0.436. The number of nitrogens with one attached hydrogen (secondary N) is 1. The summed E-state index contributed by atoms with van der Waals surface area (Å²) in [4.78, 5) is 20.8. The fourth-order valence-corrected chi connectivity index (χ4v) is 1.87. The normalized spacial score (nSPS) is 10.1. The van der Waals surface area contributed by atoms with Crippen molar-refractivity contribution in [1.29, 1.82) is 0 Å². The van der Waals surface area contributed by atoms with E-state index in [1.807, 2.05) is 5.32 Å². The molecule has 0 bridgehead atoms. The molecule has 2 rings (SSSR count). The molecule has 0 unspecified atom stereocenters. The second-order valence-electron chi connectivity index (χ2n) is 4.50. The van der Waals surface area contributed by atoms with Gasteiger partial charge in [-0.1, -0.05) is 0 Å². The third-order valence-corrected chi connectivity index (χ3v) is 2.85. The summed E-state index contributed by atoms with van der Waals surface area (Å²) in [6.07, 6.45) is -1.39. The van der Waals surface area contributed by atoms with Gasteiger partial charge in [-0.05, 0) is 25.1 Å². The maximum absolute atomic E-state index is 13.8. The van der Waals surface area contributed by atoms with Crippen LogP contribution in [0.1, 0.15) is 6.92 Å². The number of benzene rings is 2. The Hall–Kier alpha value is -3.36. The number of nitro groups is 1. The minimum atomic E-state index is -1.39. The van der Waals surface area contributed by atoms with Gasteiger partial charge in [-0.2, -0.15) is 0 Å². The molecule has 0 heterocycles. The highest BCUT2D eigenvalue weighted by Gasteiger charge is 2.14. The standard InChI is InChI=1S/C15H13FN2O6/c1-2-23-14-7-9(18(21)22)3-6-13(14)24-10-4-5-12(11(16)8-10)17-15(19)20/h3-8,17H,2H2,1H3,(H,19,20). The van der Waals surface area contributed by atoms with Gasteiger partial charge >= 0.3 is 6.09 Å². The molecule has 1 amide bonds. The van der Waals surface area contributed by atoms with Crippen LogP contribution in [0, 0.1) is 15.9 Å². The number of non-ortho nitro benzene ring substituents is 1. The van der Waals surface area contributed by atoms with Gasteiger partial charge in [-0.25, -0.2) is 9.18 Å². The Morgan fingerprint density at radius 2 is 2.04 bits per heavy atom. The van der Waals surface area contributed by atoms with Gasteiger partial charge in [0.15, 0.2) is 17.3 Å². The molecule has 2 aromatic rings. The number of hydrogen-bond acceptors (Lipinski definition) is 5. The highest BCUT2D eigenvalue weighted by molar-refractivity contribution is 5.83. The van der Waals surface area contributed by atoms with E-state index in [1.165, 1.54) is 30.3 Å². The Kier molecular flexibility index (Phi) is 5.15. The SMILES string of the molecule is CCOc1cc([N+](=O)[O-])ccc1Oc1ccc(NC(=O)O)c(F)c1. The number of nitrogens with zero attached hydrogens (tertiary/aromatic N) is 1. The van der Waals surface area contributed by atoms with Gasteiger partial charge in [0.1, 0.15) is 5.75 Å². The molecule has 0 spiro atoms. The first-order chi connectivity index (χ1) is 11.4. The third-order valence-electron chi connectivity index (χ3n) is 2.85. The van der Waals surface area contributed by atoms with E-state index in [-0.39, 0.29) is 35.2 Å². The summed E-state index contributed by atoms with van der Waals surface area (Å²) in [6, 6.07) is 7.31. The van der Waals surface area contributed by atoms with Crippen LogP contribution in [0.4, 0.5) is 20.6 Å². The third kappa shape index (κ3) is 4.09. The number of ether oxygens (including phenoxy) is 2. The van der Waals surface area contributed by atoms with E-state index in [1.54, 1.807) is 6.92 Å². The van der Waals surface area contributed by atoms with E-state index in [2.05, 4.69) is 0 Å². The number of hydrogen-bond donors (Lipinski definition) is 2. The van der Waals surface area contributed by atoms with Gasteiger partial charge in [0.05, 0.1) is 23.3 Å². The lowest BCUT2D eigenvalue weighted by molar-refractivity contribution is -0.385. The average molecular weight is 336 g/mol. The molecule has 0 aliphatic rings. The lowest BCUT2D eigenvalue weighted by Crippen LogP contribution is -2.08. The van der Waals surface area contributed by atoms with E-state index in [0.29, 0.717) is 0 Å². The Morgan fingerprint density at radius 3 is 2.62 bits per heavy atom. The van der Waals surface area contributed by atoms with Gasteiger partial charge in [-0.3, -0.25) is 15.4 Å². The summed E-state index contributed by atoms with van der Waals surface area (Å²) >= 11 is 0. The Labute approximate surface area is 135 Å². The lowest BCUT2D eigenvalue weighted by Gasteiger charge is -2.12. The summed E-state index contributed by atoms with van der Waals surface area (Å²) in [5.41, 5.74) is -0.387. The number of amides is 1. The summed E-state index contributed by atoms with van der Waals surface area (Å²) in [6.45, 7) is 1.96. The van der Waals surface area contributed by atoms with Crippen LogP contribution < -0.4 is 14.8 Å². The Morgan fingerprint density at radius 1 is 1.29 bits per heavy atom. The molecule has 0 saturated carbocycles. The van der Waals surface area contributed by atoms with Crippen molar-refractivity contribution in [2.24, 2.45) is 0 Å². The van der Waals surface area contributed by atoms with Crippen LogP contribution in [-0.4, -0.2) is 22.7 Å². The Bertz CT molecular complexity index is 781. The van der Waals surface area contributed by atoms with E-state index in [4.69, 9.17) is 14.6 Å². The van der Waals surface area contributed by atoms with Crippen molar-refractivity contribution in [3.8, 4) is 17.2 Å². The van der Waals surface area contributed by atoms with Crippen molar-refractivity contribution >= 4 is 17.5 Å². The van der Waals surface area contributed by atoms with Crippen molar-refractivity contribution in [3.05, 3.63) is 52.3 Å². The fourth-order valence-electron chi connectivity index (χ4n) is 1.87. The van der Waals surface area contributed by atoms with Crippen LogP contribution in [0.25, 0.3) is 0 Å². The zero-order chi connectivity index (χ0) is 17.7. The van der Waals surface area contributed by atoms with Crippen molar-refractivity contribution in [2.45, 2.75) is 6.92 Å². The van der Waals surface area contributed by atoms with Crippen molar-refractivity contribution in [2.75, 3.05) is 11.9 Å². The van der Waals surface area contributed by atoms with Gasteiger partial charge in [-0.15, -0.1) is 0 Å². The highest BCUT2D eigenvalue weighted by atomic mass is 19.1. The van der Waals surface area contributed by atoms with E-state index >= 15 is 0 Å². The topological polar surface area (TPSA) is 111 Å². The van der Waals surface area contributed by atoms with E-state index in [0.717, 1.165) is 6.07 Å². The van der Waals surface area contributed by atoms with Crippen LogP contribution >= 0.6 is 0 Å². The quantitative estimate of drug-likeness (QED) is 0.609. The first-order valence-corrected chi connectivity index (χ1v) is 6.79. The van der Waals surface area contributed by atoms with Crippen molar-refractivity contribution in [3.63, 3.8) is 0 Å². The van der Waals surface area contributed by atoms with Crippen molar-refractivity contribution in [1.82, 2.24) is 0 Å². The van der Waals surface area contributed by atoms with Gasteiger partial charge in [0, 0.05) is 12.1 Å². The maximum Gasteiger partial charge on any atom is 0.409 e. The molecular weight excluding hydrogens is 323 g/mol. The molecule has 0 aliphatic carbocycles. The fraction of sp³-hybridized carbons (Fsp3) is 0.133. The number of rotatable bonds is 6. The average Bonchev–Trinajstić information content (AvgIpc) is 2.51. The predicted molar refractivity (Wildman–Crippen MR) is 82.4 cm³/mol. The first-order valence-electron chi connectivity index (χ1n) is 6.79. The molecule has 126 valence electrons. The molecule has 0 fully saturated rings. The number of nitro benzene ring substituents is 1. The molecule has 9 heteroatoms. The largest absolute Gasteiger partial charge is 0.490 e. The summed E-state index contributed by atoms with van der Waals surface area (Å²) in [7, 11) is 0. The van der Waals surface area contributed by atoms with Crippen LogP contribution in [0.15, 0.2) is 36.4 Å². The number of anilines is 1. The van der Waals surface area contributed by atoms with Gasteiger partial charge in [0.25, 0.3) is 5.69 Å². The lowest BCUT2D eigenvalue weighted by atomic mass is 10.2. The first kappa shape index (κ1) is 17.0. The van der Waals surface area contributed by atoms with Gasteiger partial charge < -0.3 is 14.6 Å². The zero-order valence-corrected chi connectivity index (χ0v) is 12.5. The molecular formula is C15H13FN2O6. The molecule has 0 aliphatic heterocycles. The molecule has 0 radical (unpaired) electrons. The smallest absolute Gasteiger partial charge is 0.409 e. The molecule has 2 aromatic carbocycles. The second-order valence-corrected chi connectivity index (χ2v) is 4.50. The minimum absolute atomic E-state index is 0.0817. The van der Waals surface area contributed by atoms with Crippen LogP contribution in [-0.2, 0) is 0 Å². The molecule has 2 N–H and O–H groups in total. The number of carboxylic acid groups (broad SMARTS) is 1. The monoisotopic (exact) mass is 336 g/mol. The minimum Gasteiger partial charge on any atom is -0.490 e.